The first-order valence-corrected chi connectivity index (χ1v) is 8.25. The molecular formula is C16H28N2O3. The van der Waals surface area contributed by atoms with Gasteiger partial charge in [0.1, 0.15) is 0 Å². The summed E-state index contributed by atoms with van der Waals surface area (Å²) in [7, 11) is 0. The highest BCUT2D eigenvalue weighted by atomic mass is 16.4. The third kappa shape index (κ3) is 2.87. The molecule has 0 aliphatic carbocycles. The van der Waals surface area contributed by atoms with Gasteiger partial charge in [-0.1, -0.05) is 20.3 Å². The van der Waals surface area contributed by atoms with Crippen LogP contribution in [0.25, 0.3) is 0 Å². The van der Waals surface area contributed by atoms with Crippen molar-refractivity contribution in [2.75, 3.05) is 13.1 Å². The first-order valence-electron chi connectivity index (χ1n) is 8.25. The van der Waals surface area contributed by atoms with Crippen LogP contribution in [-0.2, 0) is 4.79 Å². The summed E-state index contributed by atoms with van der Waals surface area (Å²) >= 11 is 0. The molecule has 2 saturated heterocycles. The van der Waals surface area contributed by atoms with Crippen LogP contribution in [0.15, 0.2) is 0 Å². The third-order valence-electron chi connectivity index (χ3n) is 5.28. The van der Waals surface area contributed by atoms with Gasteiger partial charge in [-0.3, -0.25) is 4.79 Å². The maximum atomic E-state index is 12.8. The maximum absolute atomic E-state index is 12.8. The molecule has 2 amide bonds. The van der Waals surface area contributed by atoms with Crippen molar-refractivity contribution in [1.82, 2.24) is 9.80 Å². The van der Waals surface area contributed by atoms with Crippen molar-refractivity contribution in [2.24, 2.45) is 5.41 Å². The number of carbonyl (C=O) groups excluding carboxylic acids is 1. The summed E-state index contributed by atoms with van der Waals surface area (Å²) in [5, 5.41) is 9.56. The number of carboxylic acid groups (broad SMARTS) is 1. The van der Waals surface area contributed by atoms with Crippen molar-refractivity contribution in [3.63, 3.8) is 0 Å². The minimum Gasteiger partial charge on any atom is -0.481 e. The van der Waals surface area contributed by atoms with E-state index in [1.165, 1.54) is 0 Å². The number of likely N-dealkylation sites (tertiary alicyclic amines) is 2. The smallest absolute Gasteiger partial charge is 0.320 e. The Hall–Kier alpha value is -1.26. The Bertz CT molecular complexity index is 412. The molecule has 0 aromatic carbocycles. The van der Waals surface area contributed by atoms with Crippen LogP contribution in [0.2, 0.25) is 0 Å². The van der Waals surface area contributed by atoms with Gasteiger partial charge in [0.05, 0.1) is 5.41 Å². The van der Waals surface area contributed by atoms with Crippen LogP contribution in [0, 0.1) is 5.41 Å². The van der Waals surface area contributed by atoms with E-state index in [0.717, 1.165) is 25.7 Å². The monoisotopic (exact) mass is 296 g/mol. The molecule has 1 N–H and O–H groups in total. The number of amides is 2. The van der Waals surface area contributed by atoms with E-state index in [9.17, 15) is 14.7 Å². The Morgan fingerprint density at radius 3 is 2.57 bits per heavy atom. The minimum absolute atomic E-state index is 0.0473. The average molecular weight is 296 g/mol. The minimum atomic E-state index is -0.749. The molecule has 0 saturated carbocycles. The predicted molar refractivity (Wildman–Crippen MR) is 81.2 cm³/mol. The highest BCUT2D eigenvalue weighted by Crippen LogP contribution is 2.37. The topological polar surface area (TPSA) is 60.9 Å². The van der Waals surface area contributed by atoms with E-state index < -0.39 is 11.4 Å². The number of hydrogen-bond acceptors (Lipinski definition) is 2. The largest absolute Gasteiger partial charge is 0.481 e. The van der Waals surface area contributed by atoms with Crippen molar-refractivity contribution in [2.45, 2.75) is 71.4 Å². The SMILES string of the molecule is CCCC1(C(=O)O)CCN(C(=O)N2C(C)CCC2CC)C1. The molecule has 21 heavy (non-hydrogen) atoms. The van der Waals surface area contributed by atoms with Crippen LogP contribution in [0.1, 0.15) is 59.3 Å². The lowest BCUT2D eigenvalue weighted by atomic mass is 9.83. The van der Waals surface area contributed by atoms with Crippen LogP contribution < -0.4 is 0 Å². The van der Waals surface area contributed by atoms with Crippen molar-refractivity contribution in [3.8, 4) is 0 Å². The van der Waals surface area contributed by atoms with Crippen LogP contribution in [0.3, 0.4) is 0 Å². The van der Waals surface area contributed by atoms with Crippen molar-refractivity contribution < 1.29 is 14.7 Å². The average Bonchev–Trinajstić information content (AvgIpc) is 3.03. The number of rotatable bonds is 4. The van der Waals surface area contributed by atoms with E-state index in [1.54, 1.807) is 4.90 Å². The summed E-state index contributed by atoms with van der Waals surface area (Å²) in [5.41, 5.74) is -0.727. The fourth-order valence-corrected chi connectivity index (χ4v) is 3.98. The molecule has 0 aromatic heterocycles. The van der Waals surface area contributed by atoms with E-state index in [0.29, 0.717) is 32.0 Å². The number of aliphatic carboxylic acids is 1. The molecule has 5 heteroatoms. The van der Waals surface area contributed by atoms with Crippen LogP contribution in [0.4, 0.5) is 4.79 Å². The van der Waals surface area contributed by atoms with Gasteiger partial charge < -0.3 is 14.9 Å². The fraction of sp³-hybridized carbons (Fsp3) is 0.875. The molecule has 2 fully saturated rings. The van der Waals surface area contributed by atoms with Crippen molar-refractivity contribution >= 4 is 12.0 Å². The van der Waals surface area contributed by atoms with Crippen LogP contribution >= 0.6 is 0 Å². The van der Waals surface area contributed by atoms with Gasteiger partial charge in [0.25, 0.3) is 0 Å². The number of nitrogens with zero attached hydrogens (tertiary/aromatic N) is 2. The summed E-state index contributed by atoms with van der Waals surface area (Å²) < 4.78 is 0. The predicted octanol–water partition coefficient (Wildman–Crippen LogP) is 2.95. The van der Waals surface area contributed by atoms with E-state index in [-0.39, 0.29) is 12.1 Å². The Balaban J connectivity index is 2.09. The summed E-state index contributed by atoms with van der Waals surface area (Å²) in [5.74, 6) is -0.749. The molecule has 120 valence electrons. The van der Waals surface area contributed by atoms with Crippen LogP contribution in [-0.4, -0.2) is 52.1 Å². The van der Waals surface area contributed by atoms with Crippen molar-refractivity contribution in [3.05, 3.63) is 0 Å². The number of urea groups is 1. The lowest BCUT2D eigenvalue weighted by Crippen LogP contribution is -2.48. The van der Waals surface area contributed by atoms with Gasteiger partial charge in [-0.2, -0.15) is 0 Å². The molecule has 0 radical (unpaired) electrons. The number of carboxylic acids is 1. The molecule has 3 atom stereocenters. The highest BCUT2D eigenvalue weighted by Gasteiger charge is 2.47. The Morgan fingerprint density at radius 2 is 2.00 bits per heavy atom. The molecule has 0 spiro atoms. The van der Waals surface area contributed by atoms with E-state index in [1.807, 2.05) is 11.8 Å². The molecule has 0 aromatic rings. The molecule has 5 nitrogen and oxygen atoms in total. The normalized spacial score (nSPS) is 32.7. The van der Waals surface area contributed by atoms with Gasteiger partial charge in [0, 0.05) is 25.2 Å². The van der Waals surface area contributed by atoms with Gasteiger partial charge in [-0.15, -0.1) is 0 Å². The van der Waals surface area contributed by atoms with Crippen LogP contribution in [0.5, 0.6) is 0 Å². The van der Waals surface area contributed by atoms with E-state index in [4.69, 9.17) is 0 Å². The number of hydrogen-bond donors (Lipinski definition) is 1. The summed E-state index contributed by atoms with van der Waals surface area (Å²) in [6, 6.07) is 0.637. The Kier molecular flexibility index (Phi) is 4.79. The van der Waals surface area contributed by atoms with Gasteiger partial charge in [0.15, 0.2) is 0 Å². The number of carbonyl (C=O) groups is 2. The quantitative estimate of drug-likeness (QED) is 0.867. The highest BCUT2D eigenvalue weighted by molar-refractivity contribution is 5.80. The Morgan fingerprint density at radius 1 is 1.29 bits per heavy atom. The maximum Gasteiger partial charge on any atom is 0.320 e. The molecule has 2 rings (SSSR count). The molecule has 3 unspecified atom stereocenters. The Labute approximate surface area is 127 Å². The second-order valence-electron chi connectivity index (χ2n) is 6.69. The first-order chi connectivity index (χ1) is 9.95. The fourth-order valence-electron chi connectivity index (χ4n) is 3.98. The summed E-state index contributed by atoms with van der Waals surface area (Å²) in [4.78, 5) is 28.2. The summed E-state index contributed by atoms with van der Waals surface area (Å²) in [6.45, 7) is 7.16. The van der Waals surface area contributed by atoms with Gasteiger partial charge in [-0.05, 0) is 39.0 Å². The van der Waals surface area contributed by atoms with E-state index in [2.05, 4.69) is 13.8 Å². The molecule has 0 bridgehead atoms. The summed E-state index contributed by atoms with van der Waals surface area (Å²) in [6.07, 6.45) is 5.17. The lowest BCUT2D eigenvalue weighted by molar-refractivity contribution is -0.148. The first kappa shape index (κ1) is 16.1. The zero-order valence-electron chi connectivity index (χ0n) is 13.5. The standard InChI is InChI=1S/C16H28N2O3/c1-4-8-16(14(19)20)9-10-17(11-16)15(21)18-12(3)6-7-13(18)5-2/h12-13H,4-11H2,1-3H3,(H,19,20). The lowest BCUT2D eigenvalue weighted by Gasteiger charge is -2.33. The molecular weight excluding hydrogens is 268 g/mol. The zero-order valence-corrected chi connectivity index (χ0v) is 13.5. The molecule has 2 aliphatic heterocycles. The van der Waals surface area contributed by atoms with Gasteiger partial charge >= 0.3 is 12.0 Å². The zero-order chi connectivity index (χ0) is 15.6. The van der Waals surface area contributed by atoms with E-state index >= 15 is 0 Å². The van der Waals surface area contributed by atoms with Crippen molar-refractivity contribution in [1.29, 1.82) is 0 Å². The second-order valence-corrected chi connectivity index (χ2v) is 6.69. The molecule has 2 aliphatic rings. The van der Waals surface area contributed by atoms with Gasteiger partial charge in [0.2, 0.25) is 0 Å². The molecule has 2 heterocycles. The third-order valence-corrected chi connectivity index (χ3v) is 5.28. The van der Waals surface area contributed by atoms with Gasteiger partial charge in [-0.25, -0.2) is 4.79 Å². The second kappa shape index (κ2) is 6.24.